The summed E-state index contributed by atoms with van der Waals surface area (Å²) in [6.45, 7) is 14.3. The highest BCUT2D eigenvalue weighted by Gasteiger charge is 1.97. The van der Waals surface area contributed by atoms with E-state index in [4.69, 9.17) is 0 Å². The van der Waals surface area contributed by atoms with Crippen LogP contribution in [0.5, 0.6) is 0 Å². The molecule has 1 rings (SSSR count). The first-order valence-corrected chi connectivity index (χ1v) is 11.1. The maximum absolute atomic E-state index is 10.9. The van der Waals surface area contributed by atoms with Crippen molar-refractivity contribution in [2.45, 2.75) is 100 Å². The number of hydrogen-bond donors (Lipinski definition) is 0. The lowest BCUT2D eigenvalue weighted by Crippen LogP contribution is -1.91. The van der Waals surface area contributed by atoms with Gasteiger partial charge in [-0.25, -0.2) is 0 Å². The van der Waals surface area contributed by atoms with Crippen molar-refractivity contribution in [2.24, 2.45) is 0 Å². The number of carbonyl (C=O) groups is 4. The molecule has 31 heavy (non-hydrogen) atoms. The highest BCUT2D eigenvalue weighted by molar-refractivity contribution is 5.94. The molecule has 0 aliphatic heterocycles. The van der Waals surface area contributed by atoms with Gasteiger partial charge in [-0.1, -0.05) is 64.3 Å². The lowest BCUT2D eigenvalue weighted by Gasteiger charge is -1.99. The quantitative estimate of drug-likeness (QED) is 0.278. The maximum atomic E-state index is 10.9. The fraction of sp³-hybridized carbons (Fsp3) is 0.556. The zero-order valence-electron chi connectivity index (χ0n) is 20.9. The molecule has 0 N–H and O–H groups in total. The van der Waals surface area contributed by atoms with Crippen LogP contribution in [0.1, 0.15) is 110 Å². The predicted molar refractivity (Wildman–Crippen MR) is 130 cm³/mol. The molecule has 0 fully saturated rings. The third-order valence-electron chi connectivity index (χ3n) is 3.54. The Morgan fingerprint density at radius 2 is 1.16 bits per heavy atom. The monoisotopic (exact) mass is 430 g/mol. The topological polar surface area (TPSA) is 68.3 Å². The second kappa shape index (κ2) is 23.7. The number of carbonyl (C=O) groups excluding carboxylic acids is 4. The van der Waals surface area contributed by atoms with Gasteiger partial charge in [0.15, 0.2) is 5.78 Å². The minimum atomic E-state index is -0.0538. The van der Waals surface area contributed by atoms with Crippen LogP contribution in [0.15, 0.2) is 24.3 Å². The Morgan fingerprint density at radius 1 is 0.710 bits per heavy atom. The third-order valence-corrected chi connectivity index (χ3v) is 3.54. The van der Waals surface area contributed by atoms with E-state index >= 15 is 0 Å². The Morgan fingerprint density at radius 3 is 1.35 bits per heavy atom. The molecule has 0 spiro atoms. The first kappa shape index (κ1) is 33.1. The first-order valence-electron chi connectivity index (χ1n) is 11.1. The van der Waals surface area contributed by atoms with E-state index in [-0.39, 0.29) is 23.1 Å². The summed E-state index contributed by atoms with van der Waals surface area (Å²) in [5, 5.41) is 0. The van der Waals surface area contributed by atoms with E-state index in [9.17, 15) is 19.2 Å². The van der Waals surface area contributed by atoms with Crippen LogP contribution in [-0.4, -0.2) is 23.1 Å². The number of aryl methyl sites for hydroxylation is 1. The Balaban J connectivity index is -0.000000359. The normalized spacial score (nSPS) is 8.52. The van der Waals surface area contributed by atoms with Crippen molar-refractivity contribution in [2.75, 3.05) is 0 Å². The molecule has 0 aromatic heterocycles. The van der Waals surface area contributed by atoms with Crippen molar-refractivity contribution in [1.82, 2.24) is 0 Å². The van der Waals surface area contributed by atoms with Crippen LogP contribution in [0.2, 0.25) is 0 Å². The Bertz CT molecular complexity index is 672. The number of rotatable bonds is 7. The van der Waals surface area contributed by atoms with E-state index in [0.29, 0.717) is 0 Å². The lowest BCUT2D eigenvalue weighted by molar-refractivity contribution is -0.117. The molecule has 0 bridgehead atoms. The van der Waals surface area contributed by atoms with Gasteiger partial charge in [-0.15, -0.1) is 0 Å². The van der Waals surface area contributed by atoms with Crippen LogP contribution in [-0.2, 0) is 20.8 Å². The van der Waals surface area contributed by atoms with E-state index in [0.717, 1.165) is 50.5 Å². The molecule has 1 aromatic carbocycles. The number of hydrogen-bond acceptors (Lipinski definition) is 4. The highest BCUT2D eigenvalue weighted by Crippen LogP contribution is 2.06. The number of Topliss-reactive ketones (excluding diaryl/α,β-unsaturated/α-hetero) is 4. The molecule has 0 radical (unpaired) electrons. The van der Waals surface area contributed by atoms with Gasteiger partial charge >= 0.3 is 0 Å². The van der Waals surface area contributed by atoms with Gasteiger partial charge < -0.3 is 9.59 Å². The smallest absolute Gasteiger partial charge is 0.202 e. The summed E-state index contributed by atoms with van der Waals surface area (Å²) in [4.78, 5) is 41.0. The average molecular weight is 431 g/mol. The Kier molecular flexibility index (Phi) is 25.3. The van der Waals surface area contributed by atoms with Gasteiger partial charge in [-0.2, -0.15) is 0 Å². The van der Waals surface area contributed by atoms with Gasteiger partial charge in [0.25, 0.3) is 0 Å². The molecule has 0 amide bonds. The summed E-state index contributed by atoms with van der Waals surface area (Å²) in [6.07, 6.45) is 6.45. The molecule has 4 nitrogen and oxygen atoms in total. The standard InChI is InChI=1S/C11H14O.C6H8O.2C5H10O/c1-3-4-10-5-7-11(8-6-10)9(2)12;1-3-4-5-6(2)7;2*1-3-4-5(2)6/h5-8H,3-4H2,1-2H3;3H2,1-2H3;2*3-4H2,1-2H3. The average Bonchev–Trinajstić information content (AvgIpc) is 2.68. The van der Waals surface area contributed by atoms with Crippen LogP contribution in [0.4, 0.5) is 0 Å². The molecule has 0 saturated carbocycles. The maximum Gasteiger partial charge on any atom is 0.202 e. The van der Waals surface area contributed by atoms with Crippen LogP contribution < -0.4 is 0 Å². The van der Waals surface area contributed by atoms with E-state index < -0.39 is 0 Å². The molecule has 0 unspecified atom stereocenters. The fourth-order valence-corrected chi connectivity index (χ4v) is 2.11. The van der Waals surface area contributed by atoms with Crippen molar-refractivity contribution < 1.29 is 19.2 Å². The summed E-state index contributed by atoms with van der Waals surface area (Å²) >= 11 is 0. The van der Waals surface area contributed by atoms with Crippen molar-refractivity contribution in [3.8, 4) is 11.8 Å². The van der Waals surface area contributed by atoms with Crippen LogP contribution in [0.25, 0.3) is 0 Å². The lowest BCUT2D eigenvalue weighted by atomic mass is 10.1. The second-order valence-corrected chi connectivity index (χ2v) is 7.12. The number of ketones is 4. The van der Waals surface area contributed by atoms with Crippen LogP contribution in [0, 0.1) is 11.8 Å². The summed E-state index contributed by atoms with van der Waals surface area (Å²) in [6, 6.07) is 7.85. The van der Waals surface area contributed by atoms with Crippen molar-refractivity contribution >= 4 is 23.1 Å². The van der Waals surface area contributed by atoms with Gasteiger partial charge in [-0.05, 0) is 51.5 Å². The van der Waals surface area contributed by atoms with Crippen LogP contribution >= 0.6 is 0 Å². The summed E-state index contributed by atoms with van der Waals surface area (Å²) in [7, 11) is 0. The van der Waals surface area contributed by atoms with Crippen molar-refractivity contribution in [3.05, 3.63) is 35.4 Å². The molecule has 0 atom stereocenters. The third kappa shape index (κ3) is 29.8. The molecule has 0 saturated heterocycles. The largest absolute Gasteiger partial charge is 0.300 e. The van der Waals surface area contributed by atoms with Crippen molar-refractivity contribution in [3.63, 3.8) is 0 Å². The summed E-state index contributed by atoms with van der Waals surface area (Å²) < 4.78 is 0. The first-order chi connectivity index (χ1) is 14.5. The molecule has 0 aliphatic carbocycles. The van der Waals surface area contributed by atoms with Crippen molar-refractivity contribution in [1.29, 1.82) is 0 Å². The van der Waals surface area contributed by atoms with E-state index in [2.05, 4.69) is 18.8 Å². The van der Waals surface area contributed by atoms with Gasteiger partial charge in [-0.3, -0.25) is 9.59 Å². The van der Waals surface area contributed by atoms with E-state index in [1.54, 1.807) is 20.8 Å². The Hall–Kier alpha value is -2.54. The minimum absolute atomic E-state index is 0.0538. The van der Waals surface area contributed by atoms with E-state index in [1.165, 1.54) is 12.5 Å². The van der Waals surface area contributed by atoms with Crippen LogP contribution in [0.3, 0.4) is 0 Å². The fourth-order valence-electron chi connectivity index (χ4n) is 2.11. The highest BCUT2D eigenvalue weighted by atomic mass is 16.1. The second-order valence-electron chi connectivity index (χ2n) is 7.12. The molecule has 4 heteroatoms. The predicted octanol–water partition coefficient (Wildman–Crippen LogP) is 6.58. The van der Waals surface area contributed by atoms with E-state index in [1.807, 2.05) is 45.0 Å². The number of benzene rings is 1. The van der Waals surface area contributed by atoms with Gasteiger partial charge in [0.05, 0.1) is 0 Å². The minimum Gasteiger partial charge on any atom is -0.300 e. The SMILES string of the molecule is CCC#CC(C)=O.CCCC(C)=O.CCCC(C)=O.CCCc1ccc(C(C)=O)cc1. The molecule has 174 valence electrons. The Labute approximate surface area is 190 Å². The molecule has 1 aromatic rings. The summed E-state index contributed by atoms with van der Waals surface area (Å²) in [5.41, 5.74) is 2.11. The molecular formula is C27H42O4. The molecule has 0 heterocycles. The van der Waals surface area contributed by atoms with Gasteiger partial charge in [0, 0.05) is 31.7 Å². The molecular weight excluding hydrogens is 388 g/mol. The zero-order valence-corrected chi connectivity index (χ0v) is 20.9. The van der Waals surface area contributed by atoms with Gasteiger partial charge in [0.2, 0.25) is 5.78 Å². The zero-order chi connectivity index (χ0) is 24.7. The summed E-state index contributed by atoms with van der Waals surface area (Å²) in [5.74, 6) is 5.72. The molecule has 0 aliphatic rings. The van der Waals surface area contributed by atoms with Gasteiger partial charge in [0.1, 0.15) is 11.6 Å².